The molecule has 0 saturated carbocycles. The smallest absolute Gasteiger partial charge is 0.251 e. The van der Waals surface area contributed by atoms with Crippen LogP contribution in [0.25, 0.3) is 10.9 Å². The van der Waals surface area contributed by atoms with Gasteiger partial charge in [0.2, 0.25) is 0 Å². The number of hydrogen-bond acceptors (Lipinski definition) is 3. The monoisotopic (exact) mass is 329 g/mol. The highest BCUT2D eigenvalue weighted by Crippen LogP contribution is 2.18. The average molecular weight is 329 g/mol. The van der Waals surface area contributed by atoms with E-state index in [9.17, 15) is 9.18 Å². The standard InChI is InChI=1S/C17H16FN3OS/c18-14-4-6-15(7-5-14)23-9-1-8-19-17(22)12-2-3-13-11-20-21-16(13)10-12/h2-7,10-11H,1,8-9H2,(H,19,22)(H,20,21). The zero-order valence-electron chi connectivity index (χ0n) is 12.4. The van der Waals surface area contributed by atoms with Crippen LogP contribution in [0.2, 0.25) is 0 Å². The van der Waals surface area contributed by atoms with Crippen molar-refractivity contribution in [1.82, 2.24) is 15.5 Å². The second-order valence-corrected chi connectivity index (χ2v) is 6.25. The van der Waals surface area contributed by atoms with Gasteiger partial charge in [-0.1, -0.05) is 6.07 Å². The van der Waals surface area contributed by atoms with Crippen LogP contribution in [0.3, 0.4) is 0 Å². The number of benzene rings is 2. The maximum Gasteiger partial charge on any atom is 0.251 e. The summed E-state index contributed by atoms with van der Waals surface area (Å²) in [5.74, 6) is 0.551. The van der Waals surface area contributed by atoms with Crippen molar-refractivity contribution in [3.8, 4) is 0 Å². The molecule has 0 aliphatic heterocycles. The van der Waals surface area contributed by atoms with E-state index in [2.05, 4.69) is 15.5 Å². The highest BCUT2D eigenvalue weighted by Gasteiger charge is 2.06. The summed E-state index contributed by atoms with van der Waals surface area (Å²) in [6.07, 6.45) is 2.57. The Balaban J connectivity index is 1.43. The van der Waals surface area contributed by atoms with Crippen LogP contribution in [0.4, 0.5) is 4.39 Å². The number of nitrogens with zero attached hydrogens (tertiary/aromatic N) is 1. The largest absolute Gasteiger partial charge is 0.352 e. The number of amides is 1. The summed E-state index contributed by atoms with van der Waals surface area (Å²) in [5.41, 5.74) is 1.47. The first-order valence-electron chi connectivity index (χ1n) is 7.32. The molecule has 0 atom stereocenters. The summed E-state index contributed by atoms with van der Waals surface area (Å²) >= 11 is 1.65. The number of thioether (sulfide) groups is 1. The van der Waals surface area contributed by atoms with Gasteiger partial charge in [-0.15, -0.1) is 11.8 Å². The zero-order valence-corrected chi connectivity index (χ0v) is 13.2. The Bertz CT molecular complexity index is 801. The van der Waals surface area contributed by atoms with Gasteiger partial charge in [0.1, 0.15) is 5.82 Å². The Morgan fingerprint density at radius 1 is 1.22 bits per heavy atom. The molecule has 0 radical (unpaired) electrons. The lowest BCUT2D eigenvalue weighted by Crippen LogP contribution is -2.24. The molecule has 0 unspecified atom stereocenters. The first-order chi connectivity index (χ1) is 11.2. The molecule has 118 valence electrons. The summed E-state index contributed by atoms with van der Waals surface area (Å²) in [6.45, 7) is 0.605. The topological polar surface area (TPSA) is 57.8 Å². The van der Waals surface area contributed by atoms with E-state index in [-0.39, 0.29) is 11.7 Å². The number of fused-ring (bicyclic) bond motifs is 1. The molecule has 0 saturated heterocycles. The minimum atomic E-state index is -0.226. The van der Waals surface area contributed by atoms with Crippen LogP contribution in [0, 0.1) is 5.82 Å². The molecule has 1 heterocycles. The summed E-state index contributed by atoms with van der Waals surface area (Å²) < 4.78 is 12.8. The van der Waals surface area contributed by atoms with E-state index < -0.39 is 0 Å². The van der Waals surface area contributed by atoms with Crippen molar-refractivity contribution in [3.63, 3.8) is 0 Å². The molecule has 23 heavy (non-hydrogen) atoms. The van der Waals surface area contributed by atoms with Crippen molar-refractivity contribution in [1.29, 1.82) is 0 Å². The molecular formula is C17H16FN3OS. The fourth-order valence-electron chi connectivity index (χ4n) is 2.18. The number of hydrogen-bond donors (Lipinski definition) is 2. The number of nitrogens with one attached hydrogen (secondary N) is 2. The van der Waals surface area contributed by atoms with Crippen LogP contribution < -0.4 is 5.32 Å². The van der Waals surface area contributed by atoms with Gasteiger partial charge >= 0.3 is 0 Å². The number of H-pyrrole nitrogens is 1. The first-order valence-corrected chi connectivity index (χ1v) is 8.30. The molecule has 0 spiro atoms. The van der Waals surface area contributed by atoms with E-state index in [1.807, 2.05) is 6.07 Å². The Kier molecular flexibility index (Phi) is 4.92. The van der Waals surface area contributed by atoms with Crippen molar-refractivity contribution in [2.45, 2.75) is 11.3 Å². The lowest BCUT2D eigenvalue weighted by molar-refractivity contribution is 0.0954. The third kappa shape index (κ3) is 4.10. The zero-order chi connectivity index (χ0) is 16.1. The van der Waals surface area contributed by atoms with Crippen molar-refractivity contribution in [2.24, 2.45) is 0 Å². The van der Waals surface area contributed by atoms with E-state index in [1.165, 1.54) is 12.1 Å². The normalized spacial score (nSPS) is 10.8. The van der Waals surface area contributed by atoms with E-state index in [0.717, 1.165) is 28.0 Å². The van der Waals surface area contributed by atoms with Crippen LogP contribution in [-0.2, 0) is 0 Å². The minimum Gasteiger partial charge on any atom is -0.352 e. The lowest BCUT2D eigenvalue weighted by Gasteiger charge is -2.05. The van der Waals surface area contributed by atoms with Crippen LogP contribution in [0.1, 0.15) is 16.8 Å². The first kappa shape index (κ1) is 15.6. The number of rotatable bonds is 6. The molecule has 1 aromatic heterocycles. The van der Waals surface area contributed by atoms with Crippen molar-refractivity contribution in [2.75, 3.05) is 12.3 Å². The van der Waals surface area contributed by atoms with Crippen LogP contribution in [0.5, 0.6) is 0 Å². The number of carbonyl (C=O) groups excluding carboxylic acids is 1. The highest BCUT2D eigenvalue weighted by molar-refractivity contribution is 7.99. The molecule has 6 heteroatoms. The Morgan fingerprint density at radius 3 is 2.87 bits per heavy atom. The van der Waals surface area contributed by atoms with Gasteiger partial charge in [0.05, 0.1) is 11.7 Å². The van der Waals surface area contributed by atoms with Crippen molar-refractivity contribution in [3.05, 3.63) is 60.0 Å². The number of halogens is 1. The Morgan fingerprint density at radius 2 is 2.04 bits per heavy atom. The lowest BCUT2D eigenvalue weighted by atomic mass is 10.1. The summed E-state index contributed by atoms with van der Waals surface area (Å²) in [4.78, 5) is 13.1. The Labute approximate surface area is 137 Å². The highest BCUT2D eigenvalue weighted by atomic mass is 32.2. The quantitative estimate of drug-likeness (QED) is 0.536. The maximum absolute atomic E-state index is 12.8. The molecule has 2 aromatic carbocycles. The molecular weight excluding hydrogens is 313 g/mol. The molecule has 3 rings (SSSR count). The molecule has 0 fully saturated rings. The van der Waals surface area contributed by atoms with Gasteiger partial charge in [-0.3, -0.25) is 9.89 Å². The predicted octanol–water partition coefficient (Wildman–Crippen LogP) is 3.61. The van der Waals surface area contributed by atoms with Gasteiger partial charge in [0.15, 0.2) is 0 Å². The summed E-state index contributed by atoms with van der Waals surface area (Å²) in [7, 11) is 0. The summed E-state index contributed by atoms with van der Waals surface area (Å²) in [5, 5.41) is 10.7. The number of aromatic amines is 1. The molecule has 3 aromatic rings. The average Bonchev–Trinajstić information content (AvgIpc) is 3.03. The second kappa shape index (κ2) is 7.28. The predicted molar refractivity (Wildman–Crippen MR) is 90.2 cm³/mol. The van der Waals surface area contributed by atoms with Crippen LogP contribution in [-0.4, -0.2) is 28.4 Å². The summed E-state index contributed by atoms with van der Waals surface area (Å²) in [6, 6.07) is 11.9. The van der Waals surface area contributed by atoms with Gasteiger partial charge in [-0.05, 0) is 48.6 Å². The molecule has 2 N–H and O–H groups in total. The van der Waals surface area contributed by atoms with E-state index in [1.54, 1.807) is 42.2 Å². The van der Waals surface area contributed by atoms with E-state index in [4.69, 9.17) is 0 Å². The second-order valence-electron chi connectivity index (χ2n) is 5.08. The van der Waals surface area contributed by atoms with Gasteiger partial charge < -0.3 is 5.32 Å². The fraction of sp³-hybridized carbons (Fsp3) is 0.176. The molecule has 4 nitrogen and oxygen atoms in total. The molecule has 0 bridgehead atoms. The van der Waals surface area contributed by atoms with Gasteiger partial charge in [0, 0.05) is 22.4 Å². The number of aromatic nitrogens is 2. The third-order valence-electron chi connectivity index (χ3n) is 3.39. The maximum atomic E-state index is 12.8. The molecule has 0 aliphatic carbocycles. The van der Waals surface area contributed by atoms with Gasteiger partial charge in [0.25, 0.3) is 5.91 Å². The minimum absolute atomic E-state index is 0.0896. The third-order valence-corrected chi connectivity index (χ3v) is 4.49. The van der Waals surface area contributed by atoms with Gasteiger partial charge in [-0.2, -0.15) is 5.10 Å². The molecule has 1 amide bonds. The van der Waals surface area contributed by atoms with Crippen molar-refractivity contribution >= 4 is 28.6 Å². The van der Waals surface area contributed by atoms with E-state index in [0.29, 0.717) is 12.1 Å². The Hall–Kier alpha value is -2.34. The SMILES string of the molecule is O=C(NCCCSc1ccc(F)cc1)c1ccc2cn[nH]c2c1. The van der Waals surface area contributed by atoms with E-state index >= 15 is 0 Å². The number of carbonyl (C=O) groups is 1. The van der Waals surface area contributed by atoms with Crippen LogP contribution >= 0.6 is 11.8 Å². The van der Waals surface area contributed by atoms with Crippen molar-refractivity contribution < 1.29 is 9.18 Å². The molecule has 0 aliphatic rings. The van der Waals surface area contributed by atoms with Crippen LogP contribution in [0.15, 0.2) is 53.6 Å². The van der Waals surface area contributed by atoms with Gasteiger partial charge in [-0.25, -0.2) is 4.39 Å². The fourth-order valence-corrected chi connectivity index (χ4v) is 3.03.